The van der Waals surface area contributed by atoms with Gasteiger partial charge in [0.05, 0.1) is 11.4 Å². The van der Waals surface area contributed by atoms with Crippen molar-refractivity contribution < 1.29 is 8.42 Å². The smallest absolute Gasteiger partial charge is 0.266 e. The molecule has 2 aromatic heterocycles. The van der Waals surface area contributed by atoms with Crippen molar-refractivity contribution in [3.05, 3.63) is 81.3 Å². The molecule has 0 unspecified atom stereocenters. The largest absolute Gasteiger partial charge is 0.268 e. The zero-order valence-corrected chi connectivity index (χ0v) is 15.4. The minimum atomic E-state index is -3.59. The van der Waals surface area contributed by atoms with Crippen molar-refractivity contribution >= 4 is 27.4 Å². The highest BCUT2D eigenvalue weighted by Gasteiger charge is 2.07. The zero-order valence-electron chi connectivity index (χ0n) is 13.8. The molecule has 8 heteroatoms. The molecule has 0 radical (unpaired) electrons. The third-order valence-electron chi connectivity index (χ3n) is 3.51. The summed E-state index contributed by atoms with van der Waals surface area (Å²) in [6.45, 7) is 0.221. The lowest BCUT2D eigenvalue weighted by atomic mass is 10.2. The third kappa shape index (κ3) is 4.98. The van der Waals surface area contributed by atoms with E-state index in [0.29, 0.717) is 5.69 Å². The maximum Gasteiger partial charge on any atom is 0.266 e. The number of nitrogens with one attached hydrogen (secondary N) is 1. The zero-order chi connectivity index (χ0) is 18.4. The molecule has 0 saturated carbocycles. The Balaban J connectivity index is 1.63. The summed E-state index contributed by atoms with van der Waals surface area (Å²) < 4.78 is 27.8. The van der Waals surface area contributed by atoms with Crippen LogP contribution in [0, 0.1) is 0 Å². The normalized spacial score (nSPS) is 11.8. The van der Waals surface area contributed by atoms with Crippen LogP contribution in [0.25, 0.3) is 16.6 Å². The van der Waals surface area contributed by atoms with Crippen molar-refractivity contribution in [2.45, 2.75) is 6.54 Å². The number of sulfonamides is 1. The summed E-state index contributed by atoms with van der Waals surface area (Å²) in [5, 5.41) is 7.33. The lowest BCUT2D eigenvalue weighted by Crippen LogP contribution is -2.31. The molecule has 3 aromatic rings. The van der Waals surface area contributed by atoms with E-state index in [4.69, 9.17) is 0 Å². The van der Waals surface area contributed by atoms with E-state index in [1.54, 1.807) is 6.07 Å². The van der Waals surface area contributed by atoms with Gasteiger partial charge in [0.2, 0.25) is 10.0 Å². The van der Waals surface area contributed by atoms with E-state index in [-0.39, 0.29) is 18.6 Å². The molecule has 26 heavy (non-hydrogen) atoms. The van der Waals surface area contributed by atoms with E-state index in [9.17, 15) is 13.2 Å². The molecular weight excluding hydrogens is 370 g/mol. The maximum atomic E-state index is 12.0. The Labute approximate surface area is 155 Å². The number of aromatic nitrogens is 2. The molecular formula is C18H17N3O3S2. The molecule has 0 amide bonds. The fraction of sp³-hybridized carbons (Fsp3) is 0.111. The van der Waals surface area contributed by atoms with Crippen LogP contribution < -0.4 is 10.3 Å². The summed E-state index contributed by atoms with van der Waals surface area (Å²) >= 11 is 1.52. The van der Waals surface area contributed by atoms with Crippen molar-refractivity contribution in [2.24, 2.45) is 0 Å². The Bertz CT molecular complexity index is 1040. The standard InChI is InChI=1S/C18H17N3O3S2/c22-18-9-8-16(17-7-4-13-25-17)20-21(18)12-11-19-26(23,24)14-10-15-5-2-1-3-6-15/h1-10,13-14,19H,11-12H2. The van der Waals surface area contributed by atoms with Gasteiger partial charge in [0.25, 0.3) is 5.56 Å². The molecule has 3 rings (SSSR count). The van der Waals surface area contributed by atoms with E-state index in [0.717, 1.165) is 15.8 Å². The Morgan fingerprint density at radius 1 is 1.08 bits per heavy atom. The number of nitrogens with zero attached hydrogens (tertiary/aromatic N) is 2. The van der Waals surface area contributed by atoms with Gasteiger partial charge in [-0.2, -0.15) is 5.10 Å². The number of hydrogen-bond donors (Lipinski definition) is 1. The molecule has 0 aliphatic carbocycles. The van der Waals surface area contributed by atoms with Crippen LogP contribution in [0.3, 0.4) is 0 Å². The lowest BCUT2D eigenvalue weighted by Gasteiger charge is -2.07. The van der Waals surface area contributed by atoms with Crippen molar-refractivity contribution in [2.75, 3.05) is 6.54 Å². The summed E-state index contributed by atoms with van der Waals surface area (Å²) in [5.74, 6) is 0. The van der Waals surface area contributed by atoms with Crippen LogP contribution in [0.15, 0.2) is 70.2 Å². The van der Waals surface area contributed by atoms with Gasteiger partial charge in [0.15, 0.2) is 0 Å². The average molecular weight is 387 g/mol. The molecule has 2 heterocycles. The SMILES string of the molecule is O=c1ccc(-c2cccs2)nn1CCNS(=O)(=O)C=Cc1ccccc1. The first kappa shape index (κ1) is 18.2. The van der Waals surface area contributed by atoms with Crippen LogP contribution in [0.5, 0.6) is 0 Å². The molecule has 0 spiro atoms. The van der Waals surface area contributed by atoms with Crippen LogP contribution >= 0.6 is 11.3 Å². The van der Waals surface area contributed by atoms with E-state index in [1.165, 1.54) is 28.2 Å². The Morgan fingerprint density at radius 3 is 2.62 bits per heavy atom. The number of benzene rings is 1. The van der Waals surface area contributed by atoms with E-state index in [1.807, 2.05) is 47.8 Å². The second kappa shape index (κ2) is 8.22. The summed E-state index contributed by atoms with van der Waals surface area (Å²) in [4.78, 5) is 12.9. The number of thiophene rings is 1. The molecule has 0 atom stereocenters. The lowest BCUT2D eigenvalue weighted by molar-refractivity contribution is 0.554. The Hall–Kier alpha value is -2.55. The minimum Gasteiger partial charge on any atom is -0.268 e. The molecule has 0 saturated heterocycles. The second-order valence-corrected chi connectivity index (χ2v) is 8.01. The highest BCUT2D eigenvalue weighted by Crippen LogP contribution is 2.20. The Kier molecular flexibility index (Phi) is 5.77. The Morgan fingerprint density at radius 2 is 1.88 bits per heavy atom. The van der Waals surface area contributed by atoms with E-state index in [2.05, 4.69) is 9.82 Å². The van der Waals surface area contributed by atoms with Crippen molar-refractivity contribution in [1.29, 1.82) is 0 Å². The summed E-state index contributed by atoms with van der Waals surface area (Å²) in [5.41, 5.74) is 1.20. The van der Waals surface area contributed by atoms with Gasteiger partial charge in [-0.25, -0.2) is 17.8 Å². The van der Waals surface area contributed by atoms with E-state index >= 15 is 0 Å². The highest BCUT2D eigenvalue weighted by atomic mass is 32.2. The predicted octanol–water partition coefficient (Wildman–Crippen LogP) is 2.56. The van der Waals surface area contributed by atoms with Crippen molar-refractivity contribution in [3.8, 4) is 10.6 Å². The summed E-state index contributed by atoms with van der Waals surface area (Å²) in [6.07, 6.45) is 1.52. The van der Waals surface area contributed by atoms with Crippen molar-refractivity contribution in [3.63, 3.8) is 0 Å². The average Bonchev–Trinajstić information content (AvgIpc) is 3.17. The molecule has 0 fully saturated rings. The summed E-state index contributed by atoms with van der Waals surface area (Å²) in [7, 11) is -3.59. The predicted molar refractivity (Wildman–Crippen MR) is 104 cm³/mol. The monoisotopic (exact) mass is 387 g/mol. The van der Waals surface area contributed by atoms with Gasteiger partial charge in [0, 0.05) is 18.0 Å². The first-order chi connectivity index (χ1) is 12.5. The molecule has 134 valence electrons. The van der Waals surface area contributed by atoms with Crippen LogP contribution in [0.4, 0.5) is 0 Å². The highest BCUT2D eigenvalue weighted by molar-refractivity contribution is 7.92. The molecule has 0 aliphatic rings. The van der Waals surface area contributed by atoms with Crippen LogP contribution in [0.1, 0.15) is 5.56 Å². The third-order valence-corrected chi connectivity index (χ3v) is 5.50. The van der Waals surface area contributed by atoms with Gasteiger partial charge < -0.3 is 0 Å². The first-order valence-corrected chi connectivity index (χ1v) is 10.3. The second-order valence-electron chi connectivity index (χ2n) is 5.41. The molecule has 1 aromatic carbocycles. The van der Waals surface area contributed by atoms with Gasteiger partial charge in [-0.15, -0.1) is 11.3 Å². The molecule has 0 bridgehead atoms. The van der Waals surface area contributed by atoms with Gasteiger partial charge in [0.1, 0.15) is 5.69 Å². The van der Waals surface area contributed by atoms with Crippen LogP contribution in [0.2, 0.25) is 0 Å². The van der Waals surface area contributed by atoms with Gasteiger partial charge in [-0.3, -0.25) is 4.79 Å². The maximum absolute atomic E-state index is 12.0. The fourth-order valence-electron chi connectivity index (χ4n) is 2.24. The molecule has 1 N–H and O–H groups in total. The quantitative estimate of drug-likeness (QED) is 0.676. The molecule has 6 nitrogen and oxygen atoms in total. The number of hydrogen-bond acceptors (Lipinski definition) is 5. The van der Waals surface area contributed by atoms with Crippen LogP contribution in [-0.4, -0.2) is 24.7 Å². The fourth-order valence-corrected chi connectivity index (χ4v) is 3.74. The van der Waals surface area contributed by atoms with Gasteiger partial charge in [-0.1, -0.05) is 36.4 Å². The topological polar surface area (TPSA) is 81.1 Å². The summed E-state index contributed by atoms with van der Waals surface area (Å²) in [6, 6.07) is 16.1. The van der Waals surface area contributed by atoms with Crippen LogP contribution in [-0.2, 0) is 16.6 Å². The van der Waals surface area contributed by atoms with Crippen molar-refractivity contribution in [1.82, 2.24) is 14.5 Å². The van der Waals surface area contributed by atoms with E-state index < -0.39 is 10.0 Å². The first-order valence-electron chi connectivity index (χ1n) is 7.88. The van der Waals surface area contributed by atoms with Gasteiger partial charge >= 0.3 is 0 Å². The van der Waals surface area contributed by atoms with Gasteiger partial charge in [-0.05, 0) is 29.2 Å². The minimum absolute atomic E-state index is 0.0717. The molecule has 0 aliphatic heterocycles. The number of rotatable bonds is 7.